The van der Waals surface area contributed by atoms with Gasteiger partial charge >= 0.3 is 0 Å². The van der Waals surface area contributed by atoms with Gasteiger partial charge in [-0.05, 0) is 49.2 Å². The van der Waals surface area contributed by atoms with Crippen molar-refractivity contribution in [1.82, 2.24) is 18.5 Å². The third-order valence-electron chi connectivity index (χ3n) is 5.32. The molecule has 4 heterocycles. The summed E-state index contributed by atoms with van der Waals surface area (Å²) in [6.07, 6.45) is 3.92. The summed E-state index contributed by atoms with van der Waals surface area (Å²) in [6.45, 7) is 2.09. The molecule has 5 aromatic rings. The van der Waals surface area contributed by atoms with Crippen molar-refractivity contribution in [3.05, 3.63) is 66.5 Å². The van der Waals surface area contributed by atoms with Gasteiger partial charge in [-0.3, -0.25) is 3.97 Å². The van der Waals surface area contributed by atoms with E-state index >= 15 is 0 Å². The Morgan fingerprint density at radius 3 is 2.55 bits per heavy atom. The number of nitrogens with zero attached hydrogens (tertiary/aromatic N) is 4. The SMILES string of the molecule is COc1cc2c(nc1OC)c(-c1cc3cccnc3n1Sc1ccc(C)cc1)cn2C. The topological polar surface area (TPSA) is 54.1 Å². The lowest BCUT2D eigenvalue weighted by molar-refractivity contribution is 0.344. The number of benzene rings is 1. The van der Waals surface area contributed by atoms with Crippen LogP contribution in [0.2, 0.25) is 0 Å². The lowest BCUT2D eigenvalue weighted by Crippen LogP contribution is -1.95. The Bertz CT molecular complexity index is 1400. The molecule has 0 bridgehead atoms. The molecule has 6 nitrogen and oxygen atoms in total. The first-order valence-corrected chi connectivity index (χ1v) is 10.7. The zero-order valence-electron chi connectivity index (χ0n) is 17.8. The van der Waals surface area contributed by atoms with E-state index in [-0.39, 0.29) is 0 Å². The molecule has 0 saturated carbocycles. The van der Waals surface area contributed by atoms with Crippen LogP contribution in [0, 0.1) is 6.92 Å². The van der Waals surface area contributed by atoms with Crippen LogP contribution in [0.15, 0.2) is 65.8 Å². The molecule has 5 rings (SSSR count). The molecule has 0 aliphatic carbocycles. The van der Waals surface area contributed by atoms with Crippen LogP contribution in [0.25, 0.3) is 33.3 Å². The summed E-state index contributed by atoms with van der Waals surface area (Å²) in [4.78, 5) is 10.6. The summed E-state index contributed by atoms with van der Waals surface area (Å²) < 4.78 is 15.2. The molecular weight excluding hydrogens is 408 g/mol. The smallest absolute Gasteiger partial charge is 0.257 e. The van der Waals surface area contributed by atoms with Crippen LogP contribution in [-0.2, 0) is 7.05 Å². The van der Waals surface area contributed by atoms with Gasteiger partial charge in [0.2, 0.25) is 0 Å². The van der Waals surface area contributed by atoms with Gasteiger partial charge in [-0.2, -0.15) is 0 Å². The molecule has 4 aromatic heterocycles. The quantitative estimate of drug-likeness (QED) is 0.370. The number of ether oxygens (including phenoxy) is 2. The molecular formula is C24H22N4O2S. The fraction of sp³-hybridized carbons (Fsp3) is 0.167. The summed E-state index contributed by atoms with van der Waals surface area (Å²) in [5, 5.41) is 1.08. The Morgan fingerprint density at radius 1 is 1.00 bits per heavy atom. The third-order valence-corrected chi connectivity index (χ3v) is 6.35. The molecule has 31 heavy (non-hydrogen) atoms. The lowest BCUT2D eigenvalue weighted by Gasteiger charge is -2.10. The van der Waals surface area contributed by atoms with Crippen LogP contribution in [0.1, 0.15) is 5.56 Å². The molecule has 0 N–H and O–H groups in total. The Kier molecular flexibility index (Phi) is 4.82. The summed E-state index contributed by atoms with van der Waals surface area (Å²) in [5.74, 6) is 1.08. The number of rotatable bonds is 5. The van der Waals surface area contributed by atoms with Crippen LogP contribution in [0.4, 0.5) is 0 Å². The van der Waals surface area contributed by atoms with Crippen molar-refractivity contribution in [2.24, 2.45) is 7.05 Å². The second-order valence-corrected chi connectivity index (χ2v) is 8.38. The number of pyridine rings is 2. The summed E-state index contributed by atoms with van der Waals surface area (Å²) >= 11 is 1.65. The highest BCUT2D eigenvalue weighted by molar-refractivity contribution is 7.98. The maximum absolute atomic E-state index is 5.47. The highest BCUT2D eigenvalue weighted by Crippen LogP contribution is 2.39. The Balaban J connectivity index is 1.75. The van der Waals surface area contributed by atoms with E-state index in [1.165, 1.54) is 5.56 Å². The van der Waals surface area contributed by atoms with Crippen LogP contribution < -0.4 is 9.47 Å². The minimum absolute atomic E-state index is 0.467. The van der Waals surface area contributed by atoms with Gasteiger partial charge in [0, 0.05) is 41.4 Å². The Hall–Kier alpha value is -3.45. The molecule has 0 spiro atoms. The number of aryl methyl sites for hydroxylation is 2. The highest BCUT2D eigenvalue weighted by Gasteiger charge is 2.20. The molecule has 0 fully saturated rings. The molecule has 0 amide bonds. The van der Waals surface area contributed by atoms with Crippen molar-refractivity contribution in [3.63, 3.8) is 0 Å². The number of methoxy groups -OCH3 is 2. The summed E-state index contributed by atoms with van der Waals surface area (Å²) in [5.41, 5.74) is 6.02. The van der Waals surface area contributed by atoms with Gasteiger partial charge in [0.25, 0.3) is 5.88 Å². The van der Waals surface area contributed by atoms with E-state index < -0.39 is 0 Å². The summed E-state index contributed by atoms with van der Waals surface area (Å²) in [6, 6.07) is 16.7. The van der Waals surface area contributed by atoms with E-state index in [9.17, 15) is 0 Å². The van der Waals surface area contributed by atoms with Crippen LogP contribution in [0.5, 0.6) is 11.6 Å². The second-order valence-electron chi connectivity index (χ2n) is 7.37. The molecule has 7 heteroatoms. The van der Waals surface area contributed by atoms with E-state index in [1.807, 2.05) is 25.4 Å². The van der Waals surface area contributed by atoms with Gasteiger partial charge in [-0.1, -0.05) is 17.7 Å². The van der Waals surface area contributed by atoms with Crippen molar-refractivity contribution in [2.75, 3.05) is 14.2 Å². The zero-order valence-corrected chi connectivity index (χ0v) is 18.6. The van der Waals surface area contributed by atoms with E-state index in [2.05, 4.69) is 63.0 Å². The van der Waals surface area contributed by atoms with E-state index in [0.29, 0.717) is 11.6 Å². The van der Waals surface area contributed by atoms with Gasteiger partial charge in [0.05, 0.1) is 25.4 Å². The Morgan fingerprint density at radius 2 is 1.81 bits per heavy atom. The monoisotopic (exact) mass is 430 g/mol. The van der Waals surface area contributed by atoms with Crippen LogP contribution >= 0.6 is 11.9 Å². The zero-order chi connectivity index (χ0) is 21.5. The molecule has 0 atom stereocenters. The predicted octanol–water partition coefficient (Wildman–Crippen LogP) is 5.47. The average molecular weight is 431 g/mol. The molecule has 0 aliphatic heterocycles. The first-order chi connectivity index (χ1) is 15.1. The largest absolute Gasteiger partial charge is 0.491 e. The minimum Gasteiger partial charge on any atom is -0.491 e. The van der Waals surface area contributed by atoms with Crippen molar-refractivity contribution < 1.29 is 9.47 Å². The van der Waals surface area contributed by atoms with E-state index in [4.69, 9.17) is 14.5 Å². The first-order valence-electron chi connectivity index (χ1n) is 9.89. The number of fused-ring (bicyclic) bond motifs is 2. The maximum Gasteiger partial charge on any atom is 0.257 e. The molecule has 0 aliphatic rings. The summed E-state index contributed by atoms with van der Waals surface area (Å²) in [7, 11) is 5.24. The van der Waals surface area contributed by atoms with E-state index in [0.717, 1.165) is 38.2 Å². The Labute approximate surface area is 184 Å². The first kappa shape index (κ1) is 19.5. The van der Waals surface area contributed by atoms with Crippen molar-refractivity contribution >= 4 is 34.0 Å². The van der Waals surface area contributed by atoms with Crippen LogP contribution in [-0.4, -0.2) is 32.7 Å². The van der Waals surface area contributed by atoms with E-state index in [1.54, 1.807) is 26.2 Å². The molecule has 0 saturated heterocycles. The average Bonchev–Trinajstić information content (AvgIpc) is 3.31. The fourth-order valence-electron chi connectivity index (χ4n) is 3.74. The minimum atomic E-state index is 0.467. The van der Waals surface area contributed by atoms with Gasteiger partial charge in [0.1, 0.15) is 5.52 Å². The van der Waals surface area contributed by atoms with Gasteiger partial charge in [0.15, 0.2) is 11.4 Å². The lowest BCUT2D eigenvalue weighted by atomic mass is 10.2. The van der Waals surface area contributed by atoms with Crippen molar-refractivity contribution in [1.29, 1.82) is 0 Å². The van der Waals surface area contributed by atoms with Gasteiger partial charge < -0.3 is 14.0 Å². The number of hydrogen-bond donors (Lipinski definition) is 0. The maximum atomic E-state index is 5.47. The number of hydrogen-bond acceptors (Lipinski definition) is 5. The third kappa shape index (κ3) is 3.31. The molecule has 0 radical (unpaired) electrons. The highest BCUT2D eigenvalue weighted by atomic mass is 32.2. The normalized spacial score (nSPS) is 11.4. The molecule has 156 valence electrons. The van der Waals surface area contributed by atoms with Crippen molar-refractivity contribution in [2.45, 2.75) is 11.8 Å². The standard InChI is InChI=1S/C24H22N4O2S/c1-15-7-9-17(10-8-15)31-28-19(12-16-6-5-11-25-23(16)28)18-14-27(2)20-13-21(29-3)24(30-4)26-22(18)20/h5-14H,1-4H3. The van der Waals surface area contributed by atoms with Gasteiger partial charge in [-0.25, -0.2) is 9.97 Å². The van der Waals surface area contributed by atoms with Crippen LogP contribution in [0.3, 0.4) is 0 Å². The van der Waals surface area contributed by atoms with Gasteiger partial charge in [-0.15, -0.1) is 0 Å². The number of aromatic nitrogens is 4. The van der Waals surface area contributed by atoms with Crippen molar-refractivity contribution in [3.8, 4) is 22.9 Å². The predicted molar refractivity (Wildman–Crippen MR) is 125 cm³/mol. The molecule has 0 unspecified atom stereocenters. The fourth-order valence-corrected chi connectivity index (χ4v) is 4.69. The molecule has 1 aromatic carbocycles. The second kappa shape index (κ2) is 7.67.